The average molecular weight is 416 g/mol. The van der Waals surface area contributed by atoms with Crippen LogP contribution in [0.3, 0.4) is 0 Å². The number of nitrogens with zero attached hydrogens (tertiary/aromatic N) is 3. The molecule has 0 spiro atoms. The van der Waals surface area contributed by atoms with Gasteiger partial charge in [-0.3, -0.25) is 0 Å². The van der Waals surface area contributed by atoms with Crippen molar-refractivity contribution >= 4 is 22.7 Å². The Labute approximate surface area is 170 Å². The zero-order valence-corrected chi connectivity index (χ0v) is 15.9. The molecular formula is C21H19F3N4O2. The van der Waals surface area contributed by atoms with Gasteiger partial charge in [0.15, 0.2) is 5.82 Å². The number of carbonyl (C=O) groups is 1. The molecule has 30 heavy (non-hydrogen) atoms. The van der Waals surface area contributed by atoms with Crippen LogP contribution in [-0.4, -0.2) is 40.5 Å². The largest absolute Gasteiger partial charge is 0.465 e. The molecule has 156 valence electrons. The molecule has 1 aliphatic heterocycles. The second kappa shape index (κ2) is 7.81. The van der Waals surface area contributed by atoms with Crippen LogP contribution in [0, 0.1) is 0 Å². The van der Waals surface area contributed by atoms with E-state index in [1.807, 2.05) is 24.3 Å². The normalized spacial score (nSPS) is 15.4. The highest BCUT2D eigenvalue weighted by Gasteiger charge is 2.30. The highest BCUT2D eigenvalue weighted by molar-refractivity contribution is 6.00. The van der Waals surface area contributed by atoms with E-state index in [-0.39, 0.29) is 6.04 Å². The number of fused-ring (bicyclic) bond motifs is 1. The Kier molecular flexibility index (Phi) is 5.19. The van der Waals surface area contributed by atoms with Crippen molar-refractivity contribution in [3.8, 4) is 11.3 Å². The number of hydrogen-bond acceptors (Lipinski definition) is 4. The standard InChI is InChI=1S/C21H19F3N4O2/c22-21(23,24)14-7-5-13(6-8-14)18-16-3-1-2-4-17(16)19(27-26-18)28-11-9-15(10-12-28)25-20(29)30/h1-8,15,25H,9-12H2,(H,29,30). The molecule has 1 amide bonds. The number of piperidine rings is 1. The number of rotatable bonds is 3. The van der Waals surface area contributed by atoms with Crippen LogP contribution in [0.15, 0.2) is 48.5 Å². The molecule has 2 N–H and O–H groups in total. The Morgan fingerprint density at radius 2 is 1.63 bits per heavy atom. The Bertz CT molecular complexity index is 1060. The first-order valence-electron chi connectivity index (χ1n) is 9.50. The molecule has 9 heteroatoms. The third-order valence-corrected chi connectivity index (χ3v) is 5.28. The Hall–Kier alpha value is -3.36. The average Bonchev–Trinajstić information content (AvgIpc) is 2.73. The molecule has 3 aromatic rings. The number of halogens is 3. The molecule has 0 bridgehead atoms. The minimum Gasteiger partial charge on any atom is -0.465 e. The molecule has 1 saturated heterocycles. The van der Waals surface area contributed by atoms with E-state index in [0.717, 1.165) is 22.9 Å². The zero-order valence-electron chi connectivity index (χ0n) is 15.9. The van der Waals surface area contributed by atoms with Gasteiger partial charge in [0.1, 0.15) is 5.69 Å². The van der Waals surface area contributed by atoms with Crippen molar-refractivity contribution in [2.24, 2.45) is 0 Å². The molecule has 2 aromatic carbocycles. The maximum atomic E-state index is 12.9. The minimum absolute atomic E-state index is 0.0932. The van der Waals surface area contributed by atoms with Gasteiger partial charge < -0.3 is 15.3 Å². The summed E-state index contributed by atoms with van der Waals surface area (Å²) >= 11 is 0. The fourth-order valence-corrected chi connectivity index (χ4v) is 3.76. The first-order valence-corrected chi connectivity index (χ1v) is 9.50. The topological polar surface area (TPSA) is 78.4 Å². The molecule has 1 aliphatic rings. The van der Waals surface area contributed by atoms with Crippen molar-refractivity contribution < 1.29 is 23.1 Å². The van der Waals surface area contributed by atoms with Crippen LogP contribution in [0.1, 0.15) is 18.4 Å². The van der Waals surface area contributed by atoms with Crippen molar-refractivity contribution in [3.05, 3.63) is 54.1 Å². The number of amides is 1. The number of nitrogens with one attached hydrogen (secondary N) is 1. The summed E-state index contributed by atoms with van der Waals surface area (Å²) in [5.41, 5.74) is 0.367. The molecular weight excluding hydrogens is 397 g/mol. The van der Waals surface area contributed by atoms with Crippen molar-refractivity contribution in [3.63, 3.8) is 0 Å². The van der Waals surface area contributed by atoms with E-state index in [1.165, 1.54) is 12.1 Å². The lowest BCUT2D eigenvalue weighted by Gasteiger charge is -2.33. The molecule has 4 rings (SSSR count). The minimum atomic E-state index is -4.39. The summed E-state index contributed by atoms with van der Waals surface area (Å²) < 4.78 is 38.6. The number of carboxylic acid groups (broad SMARTS) is 1. The molecule has 1 aromatic heterocycles. The third kappa shape index (κ3) is 4.00. The van der Waals surface area contributed by atoms with Crippen molar-refractivity contribution in [2.75, 3.05) is 18.0 Å². The van der Waals surface area contributed by atoms with Gasteiger partial charge in [0.05, 0.1) is 5.56 Å². The van der Waals surface area contributed by atoms with Gasteiger partial charge in [-0.25, -0.2) is 4.79 Å². The van der Waals surface area contributed by atoms with E-state index in [4.69, 9.17) is 5.11 Å². The molecule has 2 heterocycles. The van der Waals surface area contributed by atoms with Gasteiger partial charge >= 0.3 is 12.3 Å². The van der Waals surface area contributed by atoms with Gasteiger partial charge in [-0.05, 0) is 25.0 Å². The molecule has 1 fully saturated rings. The molecule has 0 unspecified atom stereocenters. The Balaban J connectivity index is 1.65. The Morgan fingerprint density at radius 3 is 2.23 bits per heavy atom. The van der Waals surface area contributed by atoms with E-state index >= 15 is 0 Å². The number of hydrogen-bond donors (Lipinski definition) is 2. The molecule has 0 saturated carbocycles. The maximum Gasteiger partial charge on any atom is 0.416 e. The van der Waals surface area contributed by atoms with Gasteiger partial charge in [-0.1, -0.05) is 36.4 Å². The lowest BCUT2D eigenvalue weighted by molar-refractivity contribution is -0.137. The highest BCUT2D eigenvalue weighted by atomic mass is 19.4. The van der Waals surface area contributed by atoms with Gasteiger partial charge in [0.25, 0.3) is 0 Å². The lowest BCUT2D eigenvalue weighted by atomic mass is 10.0. The monoisotopic (exact) mass is 416 g/mol. The SMILES string of the molecule is O=C(O)NC1CCN(c2nnc(-c3ccc(C(F)(F)F)cc3)c3ccccc23)CC1. The summed E-state index contributed by atoms with van der Waals surface area (Å²) in [6.45, 7) is 1.26. The smallest absolute Gasteiger partial charge is 0.416 e. The maximum absolute atomic E-state index is 12.9. The van der Waals surface area contributed by atoms with Crippen LogP contribution in [0.25, 0.3) is 22.0 Å². The fraction of sp³-hybridized carbons (Fsp3) is 0.286. The van der Waals surface area contributed by atoms with E-state index in [1.54, 1.807) is 0 Å². The van der Waals surface area contributed by atoms with Crippen molar-refractivity contribution in [1.29, 1.82) is 0 Å². The summed E-state index contributed by atoms with van der Waals surface area (Å²) in [5, 5.41) is 21.8. The number of aromatic nitrogens is 2. The second-order valence-corrected chi connectivity index (χ2v) is 7.20. The summed E-state index contributed by atoms with van der Waals surface area (Å²) in [6.07, 6.45) is -4.11. The first-order chi connectivity index (χ1) is 14.3. The van der Waals surface area contributed by atoms with Gasteiger partial charge in [0, 0.05) is 35.5 Å². The number of alkyl halides is 3. The van der Waals surface area contributed by atoms with Crippen LogP contribution in [0.5, 0.6) is 0 Å². The predicted octanol–water partition coefficient (Wildman–Crippen LogP) is 4.55. The van der Waals surface area contributed by atoms with E-state index in [2.05, 4.69) is 20.4 Å². The second-order valence-electron chi connectivity index (χ2n) is 7.20. The van der Waals surface area contributed by atoms with Crippen molar-refractivity contribution in [1.82, 2.24) is 15.5 Å². The number of benzene rings is 2. The molecule has 0 atom stereocenters. The van der Waals surface area contributed by atoms with Crippen LogP contribution in [-0.2, 0) is 6.18 Å². The number of anilines is 1. The van der Waals surface area contributed by atoms with Crippen LogP contribution >= 0.6 is 0 Å². The predicted molar refractivity (Wildman–Crippen MR) is 106 cm³/mol. The lowest BCUT2D eigenvalue weighted by Crippen LogP contribution is -2.44. The summed E-state index contributed by atoms with van der Waals surface area (Å²) in [4.78, 5) is 12.9. The summed E-state index contributed by atoms with van der Waals surface area (Å²) in [7, 11) is 0. The molecule has 0 radical (unpaired) electrons. The third-order valence-electron chi connectivity index (χ3n) is 5.28. The summed E-state index contributed by atoms with van der Waals surface area (Å²) in [6, 6.07) is 12.3. The molecule has 0 aliphatic carbocycles. The van der Waals surface area contributed by atoms with Crippen LogP contribution in [0.2, 0.25) is 0 Å². The summed E-state index contributed by atoms with van der Waals surface area (Å²) in [5.74, 6) is 0.690. The van der Waals surface area contributed by atoms with E-state index in [0.29, 0.717) is 43.0 Å². The van der Waals surface area contributed by atoms with Crippen molar-refractivity contribution in [2.45, 2.75) is 25.1 Å². The highest BCUT2D eigenvalue weighted by Crippen LogP contribution is 2.34. The molecule has 6 nitrogen and oxygen atoms in total. The quantitative estimate of drug-likeness (QED) is 0.655. The van der Waals surface area contributed by atoms with Gasteiger partial charge in [-0.15, -0.1) is 10.2 Å². The van der Waals surface area contributed by atoms with Gasteiger partial charge in [-0.2, -0.15) is 13.2 Å². The van der Waals surface area contributed by atoms with Crippen LogP contribution in [0.4, 0.5) is 23.8 Å². The van der Waals surface area contributed by atoms with Gasteiger partial charge in [0.2, 0.25) is 0 Å². The zero-order chi connectivity index (χ0) is 21.3. The van der Waals surface area contributed by atoms with E-state index in [9.17, 15) is 18.0 Å². The Morgan fingerprint density at radius 1 is 1.00 bits per heavy atom. The van der Waals surface area contributed by atoms with E-state index < -0.39 is 17.8 Å². The first kappa shape index (κ1) is 19.9. The van der Waals surface area contributed by atoms with Crippen LogP contribution < -0.4 is 10.2 Å². The fourth-order valence-electron chi connectivity index (χ4n) is 3.76.